The summed E-state index contributed by atoms with van der Waals surface area (Å²) in [5.74, 6) is 0.659. The molecule has 20 heavy (non-hydrogen) atoms. The van der Waals surface area contributed by atoms with Gasteiger partial charge in [-0.15, -0.1) is 0 Å². The Morgan fingerprint density at radius 2 is 2.15 bits per heavy atom. The minimum atomic E-state index is -0.0631. The Kier molecular flexibility index (Phi) is 4.79. The molecule has 106 valence electrons. The summed E-state index contributed by atoms with van der Waals surface area (Å²) in [6.07, 6.45) is 1.90. The maximum Gasteiger partial charge on any atom is 0.244 e. The molecule has 0 fully saturated rings. The van der Waals surface area contributed by atoms with Gasteiger partial charge in [0, 0.05) is 30.2 Å². The van der Waals surface area contributed by atoms with Crippen LogP contribution in [-0.4, -0.2) is 24.6 Å². The van der Waals surface area contributed by atoms with Crippen LogP contribution in [-0.2, 0) is 17.9 Å². The van der Waals surface area contributed by atoms with Gasteiger partial charge in [0.25, 0.3) is 0 Å². The Hall–Kier alpha value is -2.27. The van der Waals surface area contributed by atoms with E-state index in [2.05, 4.69) is 10.6 Å². The fourth-order valence-corrected chi connectivity index (χ4v) is 2.00. The lowest BCUT2D eigenvalue weighted by molar-refractivity contribution is -0.116. The molecule has 0 aliphatic carbocycles. The van der Waals surface area contributed by atoms with Crippen molar-refractivity contribution in [2.24, 2.45) is 0 Å². The number of ether oxygens (including phenoxy) is 1. The minimum absolute atomic E-state index is 0.0631. The van der Waals surface area contributed by atoms with Gasteiger partial charge in [-0.25, -0.2) is 0 Å². The molecular formula is C15H19N3O2. The number of amides is 1. The molecule has 1 amide bonds. The maximum absolute atomic E-state index is 12.0. The molecule has 1 aromatic carbocycles. The van der Waals surface area contributed by atoms with Gasteiger partial charge in [0.1, 0.15) is 12.3 Å². The molecule has 0 radical (unpaired) electrons. The van der Waals surface area contributed by atoms with E-state index in [9.17, 15) is 4.79 Å². The van der Waals surface area contributed by atoms with E-state index >= 15 is 0 Å². The zero-order chi connectivity index (χ0) is 14.4. The number of hydrogen-bond acceptors (Lipinski definition) is 3. The van der Waals surface area contributed by atoms with Gasteiger partial charge in [-0.3, -0.25) is 4.79 Å². The van der Waals surface area contributed by atoms with Crippen LogP contribution < -0.4 is 15.4 Å². The molecule has 2 rings (SSSR count). The van der Waals surface area contributed by atoms with Crippen molar-refractivity contribution >= 4 is 11.6 Å². The van der Waals surface area contributed by atoms with Gasteiger partial charge in [-0.1, -0.05) is 6.07 Å². The standard InChI is InChI=1S/C15H19N3O2/c1-16-10-13-6-4-8-18(13)11-15(19)17-12-5-3-7-14(9-12)20-2/h3-9,16H,10-11H2,1-2H3,(H,17,19). The highest BCUT2D eigenvalue weighted by molar-refractivity contribution is 5.90. The summed E-state index contributed by atoms with van der Waals surface area (Å²) in [5, 5.41) is 5.94. The Bertz CT molecular complexity index is 578. The molecule has 2 N–H and O–H groups in total. The van der Waals surface area contributed by atoms with Gasteiger partial charge in [0.2, 0.25) is 5.91 Å². The average molecular weight is 273 g/mol. The summed E-state index contributed by atoms with van der Waals surface area (Å²) in [6.45, 7) is 1.03. The molecule has 5 nitrogen and oxygen atoms in total. The van der Waals surface area contributed by atoms with E-state index < -0.39 is 0 Å². The third-order valence-corrected chi connectivity index (χ3v) is 2.95. The van der Waals surface area contributed by atoms with Gasteiger partial charge in [0.15, 0.2) is 0 Å². The van der Waals surface area contributed by atoms with Crippen LogP contribution >= 0.6 is 0 Å². The number of nitrogens with one attached hydrogen (secondary N) is 2. The van der Waals surface area contributed by atoms with E-state index in [1.165, 1.54) is 0 Å². The van der Waals surface area contributed by atoms with Gasteiger partial charge >= 0.3 is 0 Å². The number of aromatic nitrogens is 1. The zero-order valence-corrected chi connectivity index (χ0v) is 11.7. The molecule has 2 aromatic rings. The molecule has 0 aliphatic heterocycles. The summed E-state index contributed by atoms with van der Waals surface area (Å²) in [7, 11) is 3.48. The Morgan fingerprint density at radius 1 is 1.30 bits per heavy atom. The third-order valence-electron chi connectivity index (χ3n) is 2.95. The van der Waals surface area contributed by atoms with E-state index in [0.717, 1.165) is 23.7 Å². The Labute approximate surface area is 118 Å². The Balaban J connectivity index is 1.99. The first kappa shape index (κ1) is 14.1. The van der Waals surface area contributed by atoms with Crippen LogP contribution in [0.25, 0.3) is 0 Å². The van der Waals surface area contributed by atoms with Crippen molar-refractivity contribution in [2.45, 2.75) is 13.1 Å². The molecule has 1 aromatic heterocycles. The van der Waals surface area contributed by atoms with Gasteiger partial charge in [-0.05, 0) is 31.3 Å². The number of hydrogen-bond donors (Lipinski definition) is 2. The highest BCUT2D eigenvalue weighted by Crippen LogP contribution is 2.16. The largest absolute Gasteiger partial charge is 0.497 e. The van der Waals surface area contributed by atoms with E-state index in [1.807, 2.05) is 48.1 Å². The van der Waals surface area contributed by atoms with Crippen LogP contribution in [0.2, 0.25) is 0 Å². The SMILES string of the molecule is CNCc1cccn1CC(=O)Nc1cccc(OC)c1. The lowest BCUT2D eigenvalue weighted by Crippen LogP contribution is -2.21. The van der Waals surface area contributed by atoms with E-state index in [0.29, 0.717) is 6.54 Å². The lowest BCUT2D eigenvalue weighted by Gasteiger charge is -2.10. The zero-order valence-electron chi connectivity index (χ0n) is 11.7. The molecular weight excluding hydrogens is 254 g/mol. The predicted octanol–water partition coefficient (Wildman–Crippen LogP) is 1.85. The summed E-state index contributed by atoms with van der Waals surface area (Å²) in [6, 6.07) is 11.2. The highest BCUT2D eigenvalue weighted by Gasteiger charge is 2.07. The second-order valence-electron chi connectivity index (χ2n) is 4.44. The van der Waals surface area contributed by atoms with Crippen LogP contribution in [0.3, 0.4) is 0 Å². The summed E-state index contributed by atoms with van der Waals surface area (Å²) < 4.78 is 7.05. The normalized spacial score (nSPS) is 10.3. The van der Waals surface area contributed by atoms with Gasteiger partial charge in [0.05, 0.1) is 7.11 Å². The number of nitrogens with zero attached hydrogens (tertiary/aromatic N) is 1. The van der Waals surface area contributed by atoms with Crippen molar-refractivity contribution in [2.75, 3.05) is 19.5 Å². The number of carbonyl (C=O) groups excluding carboxylic acids is 1. The number of anilines is 1. The van der Waals surface area contributed by atoms with Crippen molar-refractivity contribution < 1.29 is 9.53 Å². The average Bonchev–Trinajstić information content (AvgIpc) is 2.86. The van der Waals surface area contributed by atoms with Crippen molar-refractivity contribution in [1.29, 1.82) is 0 Å². The lowest BCUT2D eigenvalue weighted by atomic mass is 10.3. The van der Waals surface area contributed by atoms with E-state index in [1.54, 1.807) is 13.2 Å². The van der Waals surface area contributed by atoms with Crippen molar-refractivity contribution in [1.82, 2.24) is 9.88 Å². The molecule has 0 aliphatic rings. The monoisotopic (exact) mass is 273 g/mol. The first-order valence-corrected chi connectivity index (χ1v) is 6.45. The maximum atomic E-state index is 12.0. The van der Waals surface area contributed by atoms with Crippen LogP contribution in [0.5, 0.6) is 5.75 Å². The molecule has 0 bridgehead atoms. The molecule has 0 unspecified atom stereocenters. The fourth-order valence-electron chi connectivity index (χ4n) is 2.00. The van der Waals surface area contributed by atoms with Crippen LogP contribution in [0.1, 0.15) is 5.69 Å². The second-order valence-corrected chi connectivity index (χ2v) is 4.44. The topological polar surface area (TPSA) is 55.3 Å². The molecule has 0 spiro atoms. The van der Waals surface area contributed by atoms with Crippen molar-refractivity contribution in [3.05, 3.63) is 48.3 Å². The third kappa shape index (κ3) is 3.61. The Morgan fingerprint density at radius 3 is 2.90 bits per heavy atom. The summed E-state index contributed by atoms with van der Waals surface area (Å²) in [5.41, 5.74) is 1.81. The first-order chi connectivity index (χ1) is 9.72. The fraction of sp³-hybridized carbons (Fsp3) is 0.267. The smallest absolute Gasteiger partial charge is 0.244 e. The van der Waals surface area contributed by atoms with Crippen molar-refractivity contribution in [3.8, 4) is 5.75 Å². The van der Waals surface area contributed by atoms with Gasteiger partial charge < -0.3 is 19.9 Å². The predicted molar refractivity (Wildman–Crippen MR) is 78.8 cm³/mol. The molecule has 0 saturated carbocycles. The molecule has 0 atom stereocenters. The number of carbonyl (C=O) groups is 1. The summed E-state index contributed by atoms with van der Waals surface area (Å²) >= 11 is 0. The van der Waals surface area contributed by atoms with Crippen molar-refractivity contribution in [3.63, 3.8) is 0 Å². The molecule has 5 heteroatoms. The van der Waals surface area contributed by atoms with E-state index in [4.69, 9.17) is 4.74 Å². The summed E-state index contributed by atoms with van der Waals surface area (Å²) in [4.78, 5) is 12.0. The van der Waals surface area contributed by atoms with Crippen LogP contribution in [0, 0.1) is 0 Å². The quantitative estimate of drug-likeness (QED) is 0.844. The number of rotatable bonds is 6. The minimum Gasteiger partial charge on any atom is -0.497 e. The second kappa shape index (κ2) is 6.77. The van der Waals surface area contributed by atoms with Gasteiger partial charge in [-0.2, -0.15) is 0 Å². The van der Waals surface area contributed by atoms with E-state index in [-0.39, 0.29) is 5.91 Å². The van der Waals surface area contributed by atoms with Crippen LogP contribution in [0.4, 0.5) is 5.69 Å². The number of methoxy groups -OCH3 is 1. The first-order valence-electron chi connectivity index (χ1n) is 6.45. The number of benzene rings is 1. The highest BCUT2D eigenvalue weighted by atomic mass is 16.5. The van der Waals surface area contributed by atoms with Crippen LogP contribution in [0.15, 0.2) is 42.6 Å². The molecule has 1 heterocycles. The molecule has 0 saturated heterocycles.